The molecule has 1 N–H and O–H groups in total. The number of nitrogens with zero attached hydrogens (tertiary/aromatic N) is 4. The van der Waals surface area contributed by atoms with Gasteiger partial charge in [-0.25, -0.2) is 4.98 Å². The van der Waals surface area contributed by atoms with E-state index < -0.39 is 0 Å². The molecule has 8 heteroatoms. The molecule has 2 aliphatic heterocycles. The van der Waals surface area contributed by atoms with Gasteiger partial charge in [-0.15, -0.1) is 0 Å². The van der Waals surface area contributed by atoms with E-state index in [1.54, 1.807) is 7.11 Å². The summed E-state index contributed by atoms with van der Waals surface area (Å²) in [6, 6.07) is 5.70. The van der Waals surface area contributed by atoms with E-state index in [2.05, 4.69) is 20.1 Å². The van der Waals surface area contributed by atoms with Gasteiger partial charge in [0.2, 0.25) is 0 Å². The monoisotopic (exact) mass is 371 g/mol. The molecule has 1 aromatic carbocycles. The van der Waals surface area contributed by atoms with E-state index in [1.165, 1.54) is 6.33 Å². The van der Waals surface area contributed by atoms with Gasteiger partial charge in [-0.05, 0) is 31.0 Å². The third-order valence-electron chi connectivity index (χ3n) is 5.38. The number of rotatable bonds is 4. The maximum atomic E-state index is 13.0. The number of aromatic amines is 1. The van der Waals surface area contributed by atoms with Crippen LogP contribution >= 0.6 is 0 Å². The molecular weight excluding hydrogens is 346 g/mol. The van der Waals surface area contributed by atoms with E-state index >= 15 is 0 Å². The Morgan fingerprint density at radius 2 is 2.00 bits per heavy atom. The Labute approximate surface area is 158 Å². The van der Waals surface area contributed by atoms with Gasteiger partial charge in [-0.1, -0.05) is 0 Å². The minimum atomic E-state index is 0.0724. The zero-order valence-electron chi connectivity index (χ0n) is 15.6. The first-order chi connectivity index (χ1) is 13.3. The van der Waals surface area contributed by atoms with Gasteiger partial charge in [0.15, 0.2) is 0 Å². The summed E-state index contributed by atoms with van der Waals surface area (Å²) in [4.78, 5) is 21.4. The van der Waals surface area contributed by atoms with E-state index in [1.807, 2.05) is 23.1 Å². The van der Waals surface area contributed by atoms with Crippen molar-refractivity contribution in [1.29, 1.82) is 0 Å². The van der Waals surface area contributed by atoms with E-state index in [0.717, 1.165) is 56.3 Å². The molecule has 3 heterocycles. The highest BCUT2D eigenvalue weighted by Crippen LogP contribution is 2.31. The number of amides is 1. The number of hydrogen-bond donors (Lipinski definition) is 1. The van der Waals surface area contributed by atoms with Gasteiger partial charge in [0.1, 0.15) is 17.9 Å². The van der Waals surface area contributed by atoms with E-state index in [-0.39, 0.29) is 5.91 Å². The van der Waals surface area contributed by atoms with E-state index in [0.29, 0.717) is 24.7 Å². The van der Waals surface area contributed by atoms with Crippen LogP contribution in [0, 0.1) is 0 Å². The topological polar surface area (TPSA) is 83.6 Å². The second-order valence-electron chi connectivity index (χ2n) is 6.92. The van der Waals surface area contributed by atoms with Crippen LogP contribution in [-0.2, 0) is 4.74 Å². The molecule has 144 valence electrons. The summed E-state index contributed by atoms with van der Waals surface area (Å²) < 4.78 is 10.9. The Balaban J connectivity index is 1.47. The zero-order chi connectivity index (χ0) is 18.6. The zero-order valence-corrected chi connectivity index (χ0v) is 15.6. The molecule has 0 aliphatic carbocycles. The van der Waals surface area contributed by atoms with Crippen LogP contribution in [0.15, 0.2) is 24.5 Å². The predicted octanol–water partition coefficient (Wildman–Crippen LogP) is 1.67. The second kappa shape index (κ2) is 7.96. The molecule has 0 spiro atoms. The van der Waals surface area contributed by atoms with Crippen LogP contribution in [0.3, 0.4) is 0 Å². The van der Waals surface area contributed by atoms with Crippen molar-refractivity contribution in [2.75, 3.05) is 51.4 Å². The van der Waals surface area contributed by atoms with E-state index in [4.69, 9.17) is 9.47 Å². The van der Waals surface area contributed by atoms with Crippen LogP contribution in [-0.4, -0.2) is 72.5 Å². The van der Waals surface area contributed by atoms with Gasteiger partial charge in [-0.2, -0.15) is 5.10 Å². The molecule has 2 aromatic rings. The number of hydrogen-bond acceptors (Lipinski definition) is 6. The molecule has 27 heavy (non-hydrogen) atoms. The molecule has 0 atom stereocenters. The number of methoxy groups -OCH3 is 1. The SMILES string of the molecule is COc1ccc(C(=O)N2CCC(c3ncn[nH]3)CC2)cc1N1CCOCC1. The van der Waals surface area contributed by atoms with Crippen molar-refractivity contribution >= 4 is 11.6 Å². The Kier molecular flexibility index (Phi) is 5.24. The Bertz CT molecular complexity index is 766. The summed E-state index contributed by atoms with van der Waals surface area (Å²) >= 11 is 0. The fraction of sp³-hybridized carbons (Fsp3) is 0.526. The largest absolute Gasteiger partial charge is 0.495 e. The maximum Gasteiger partial charge on any atom is 0.253 e. The van der Waals surface area contributed by atoms with Crippen molar-refractivity contribution in [2.24, 2.45) is 0 Å². The van der Waals surface area contributed by atoms with Gasteiger partial charge in [-0.3, -0.25) is 9.89 Å². The number of likely N-dealkylation sites (tertiary alicyclic amines) is 1. The summed E-state index contributed by atoms with van der Waals surface area (Å²) in [5.41, 5.74) is 1.67. The molecule has 1 aromatic heterocycles. The average molecular weight is 371 g/mol. The van der Waals surface area contributed by atoms with Crippen LogP contribution in [0.4, 0.5) is 5.69 Å². The fourth-order valence-electron chi connectivity index (χ4n) is 3.82. The molecule has 0 saturated carbocycles. The lowest BCUT2D eigenvalue weighted by Gasteiger charge is -2.32. The molecule has 2 saturated heterocycles. The van der Waals surface area contributed by atoms with Gasteiger partial charge in [0, 0.05) is 37.7 Å². The molecule has 0 radical (unpaired) electrons. The standard InChI is InChI=1S/C19H25N5O3/c1-26-17-3-2-15(12-16(17)23-8-10-27-11-9-23)19(25)24-6-4-14(5-7-24)18-20-13-21-22-18/h2-3,12-14H,4-11H2,1H3,(H,20,21,22). The van der Waals surface area contributed by atoms with Crippen molar-refractivity contribution in [3.63, 3.8) is 0 Å². The molecule has 1 amide bonds. The summed E-state index contributed by atoms with van der Waals surface area (Å²) in [6.07, 6.45) is 3.33. The van der Waals surface area contributed by atoms with Crippen molar-refractivity contribution < 1.29 is 14.3 Å². The minimum absolute atomic E-state index is 0.0724. The lowest BCUT2D eigenvalue weighted by atomic mass is 9.95. The second-order valence-corrected chi connectivity index (χ2v) is 6.92. The number of H-pyrrole nitrogens is 1. The number of aromatic nitrogens is 3. The van der Waals surface area contributed by atoms with Crippen LogP contribution in [0.2, 0.25) is 0 Å². The Hall–Kier alpha value is -2.61. The third-order valence-corrected chi connectivity index (χ3v) is 5.38. The highest BCUT2D eigenvalue weighted by atomic mass is 16.5. The van der Waals surface area contributed by atoms with Crippen molar-refractivity contribution in [2.45, 2.75) is 18.8 Å². The quantitative estimate of drug-likeness (QED) is 0.880. The third kappa shape index (κ3) is 3.75. The predicted molar refractivity (Wildman–Crippen MR) is 100 cm³/mol. The summed E-state index contributed by atoms with van der Waals surface area (Å²) in [7, 11) is 1.66. The van der Waals surface area contributed by atoms with Crippen molar-refractivity contribution in [3.8, 4) is 5.75 Å². The van der Waals surface area contributed by atoms with Crippen molar-refractivity contribution in [3.05, 3.63) is 35.9 Å². The van der Waals surface area contributed by atoms with Gasteiger partial charge < -0.3 is 19.3 Å². The summed E-state index contributed by atoms with van der Waals surface area (Å²) in [6.45, 7) is 4.44. The van der Waals surface area contributed by atoms with Gasteiger partial charge in [0.05, 0.1) is 26.0 Å². The molecule has 2 fully saturated rings. The number of carbonyl (C=O) groups is 1. The smallest absolute Gasteiger partial charge is 0.253 e. The first-order valence-electron chi connectivity index (χ1n) is 9.41. The normalized spacial score (nSPS) is 18.6. The lowest BCUT2D eigenvalue weighted by molar-refractivity contribution is 0.0711. The van der Waals surface area contributed by atoms with Gasteiger partial charge >= 0.3 is 0 Å². The Morgan fingerprint density at radius 1 is 1.22 bits per heavy atom. The molecular formula is C19H25N5O3. The minimum Gasteiger partial charge on any atom is -0.495 e. The summed E-state index contributed by atoms with van der Waals surface area (Å²) in [5.74, 6) is 2.12. The lowest BCUT2D eigenvalue weighted by Crippen LogP contribution is -2.39. The average Bonchev–Trinajstić information content (AvgIpc) is 3.28. The van der Waals surface area contributed by atoms with E-state index in [9.17, 15) is 4.79 Å². The molecule has 0 unspecified atom stereocenters. The fourth-order valence-corrected chi connectivity index (χ4v) is 3.82. The number of ether oxygens (including phenoxy) is 2. The summed E-state index contributed by atoms with van der Waals surface area (Å²) in [5, 5.41) is 6.87. The van der Waals surface area contributed by atoms with Crippen molar-refractivity contribution in [1.82, 2.24) is 20.1 Å². The number of carbonyl (C=O) groups excluding carboxylic acids is 1. The first kappa shape index (κ1) is 17.8. The first-order valence-corrected chi connectivity index (χ1v) is 9.41. The Morgan fingerprint density at radius 3 is 2.67 bits per heavy atom. The molecule has 4 rings (SSSR count). The van der Waals surface area contributed by atoms with Crippen LogP contribution in [0.25, 0.3) is 0 Å². The maximum absolute atomic E-state index is 13.0. The number of morpholine rings is 1. The number of anilines is 1. The van der Waals surface area contributed by atoms with Crippen LogP contribution < -0.4 is 9.64 Å². The highest BCUT2D eigenvalue weighted by molar-refractivity contribution is 5.95. The number of nitrogens with one attached hydrogen (secondary N) is 1. The number of benzene rings is 1. The van der Waals surface area contributed by atoms with Gasteiger partial charge in [0.25, 0.3) is 5.91 Å². The van der Waals surface area contributed by atoms with Crippen LogP contribution in [0.1, 0.15) is 34.9 Å². The molecule has 0 bridgehead atoms. The number of piperidine rings is 1. The molecule has 2 aliphatic rings. The van der Waals surface area contributed by atoms with Crippen LogP contribution in [0.5, 0.6) is 5.75 Å². The molecule has 8 nitrogen and oxygen atoms in total. The highest BCUT2D eigenvalue weighted by Gasteiger charge is 2.27.